The van der Waals surface area contributed by atoms with Crippen LogP contribution in [0.2, 0.25) is 0 Å². The molecule has 0 N–H and O–H groups in total. The van der Waals surface area contributed by atoms with Crippen LogP contribution in [0.15, 0.2) is 48.5 Å². The van der Waals surface area contributed by atoms with Gasteiger partial charge in [0.2, 0.25) is 0 Å². The summed E-state index contributed by atoms with van der Waals surface area (Å²) in [5.41, 5.74) is 1.75. The van der Waals surface area contributed by atoms with Gasteiger partial charge in [0, 0.05) is 30.8 Å². The lowest BCUT2D eigenvalue weighted by molar-refractivity contribution is 0.0507. The minimum absolute atomic E-state index is 0.00626. The highest BCUT2D eigenvalue weighted by Crippen LogP contribution is 2.18. The molecule has 1 amide bonds. The van der Waals surface area contributed by atoms with Gasteiger partial charge in [-0.05, 0) is 42.7 Å². The predicted molar refractivity (Wildman–Crippen MR) is 91.9 cm³/mol. The van der Waals surface area contributed by atoms with E-state index in [0.29, 0.717) is 30.8 Å². The predicted octanol–water partition coefficient (Wildman–Crippen LogP) is 3.46. The van der Waals surface area contributed by atoms with E-state index in [2.05, 4.69) is 0 Å². The molecule has 3 rings (SSSR count). The highest BCUT2D eigenvalue weighted by Gasteiger charge is 2.23. The van der Waals surface area contributed by atoms with Gasteiger partial charge in [0.1, 0.15) is 12.1 Å². The van der Waals surface area contributed by atoms with Crippen LogP contribution in [0.4, 0.5) is 4.39 Å². The van der Waals surface area contributed by atoms with Crippen molar-refractivity contribution in [1.29, 1.82) is 0 Å². The maximum absolute atomic E-state index is 13.5. The van der Waals surface area contributed by atoms with Crippen LogP contribution < -0.4 is 0 Å². The van der Waals surface area contributed by atoms with Crippen LogP contribution in [0.25, 0.3) is 0 Å². The first-order valence-electron chi connectivity index (χ1n) is 8.36. The molecule has 1 aliphatic rings. The standard InChI is InChI=1S/C20H20FNO3/c21-18-4-1-3-16(11-18)12-22(13-19-5-2-10-25-19)20(24)17-8-6-15(14-23)7-9-17/h1,3-4,6-9,11,14,19H,2,5,10,12-13H2. The van der Waals surface area contributed by atoms with Gasteiger partial charge >= 0.3 is 0 Å². The fraction of sp³-hybridized carbons (Fsp3) is 0.300. The number of amides is 1. The molecular formula is C20H20FNO3. The van der Waals surface area contributed by atoms with Gasteiger partial charge in [-0.1, -0.05) is 24.3 Å². The first-order valence-corrected chi connectivity index (χ1v) is 8.36. The Morgan fingerprint density at radius 2 is 2.04 bits per heavy atom. The van der Waals surface area contributed by atoms with Crippen molar-refractivity contribution in [3.8, 4) is 0 Å². The molecule has 0 aromatic heterocycles. The summed E-state index contributed by atoms with van der Waals surface area (Å²) < 4.78 is 19.1. The van der Waals surface area contributed by atoms with Gasteiger partial charge in [0.25, 0.3) is 5.91 Å². The molecule has 5 heteroatoms. The molecule has 1 fully saturated rings. The van der Waals surface area contributed by atoms with E-state index < -0.39 is 0 Å². The Labute approximate surface area is 146 Å². The molecule has 0 radical (unpaired) electrons. The van der Waals surface area contributed by atoms with Crippen molar-refractivity contribution < 1.29 is 18.7 Å². The van der Waals surface area contributed by atoms with Gasteiger partial charge in [-0.2, -0.15) is 0 Å². The largest absolute Gasteiger partial charge is 0.376 e. The van der Waals surface area contributed by atoms with E-state index in [9.17, 15) is 14.0 Å². The van der Waals surface area contributed by atoms with Crippen molar-refractivity contribution in [3.63, 3.8) is 0 Å². The number of rotatable bonds is 6. The molecule has 0 bridgehead atoms. The second kappa shape index (κ2) is 8.03. The summed E-state index contributed by atoms with van der Waals surface area (Å²) >= 11 is 0. The van der Waals surface area contributed by atoms with Crippen molar-refractivity contribution in [3.05, 3.63) is 71.0 Å². The molecule has 1 atom stereocenters. The van der Waals surface area contributed by atoms with Crippen LogP contribution in [-0.2, 0) is 11.3 Å². The molecule has 2 aromatic rings. The minimum atomic E-state index is -0.322. The van der Waals surface area contributed by atoms with Gasteiger partial charge in [-0.3, -0.25) is 9.59 Å². The number of nitrogens with zero attached hydrogens (tertiary/aromatic N) is 1. The third kappa shape index (κ3) is 4.51. The molecule has 130 valence electrons. The lowest BCUT2D eigenvalue weighted by Gasteiger charge is -2.26. The number of aldehydes is 1. The SMILES string of the molecule is O=Cc1ccc(C(=O)N(Cc2cccc(F)c2)CC2CCCO2)cc1. The van der Waals surface area contributed by atoms with Crippen LogP contribution in [0, 0.1) is 5.82 Å². The summed E-state index contributed by atoms with van der Waals surface area (Å²) in [5.74, 6) is -0.477. The second-order valence-electron chi connectivity index (χ2n) is 6.19. The number of hydrogen-bond donors (Lipinski definition) is 0. The van der Waals surface area contributed by atoms with E-state index in [0.717, 1.165) is 24.7 Å². The molecule has 25 heavy (non-hydrogen) atoms. The van der Waals surface area contributed by atoms with E-state index in [1.54, 1.807) is 41.3 Å². The monoisotopic (exact) mass is 341 g/mol. The lowest BCUT2D eigenvalue weighted by Crippen LogP contribution is -2.37. The van der Waals surface area contributed by atoms with Crippen molar-refractivity contribution in [2.24, 2.45) is 0 Å². The lowest BCUT2D eigenvalue weighted by atomic mass is 10.1. The van der Waals surface area contributed by atoms with E-state index in [1.165, 1.54) is 12.1 Å². The number of ether oxygens (including phenoxy) is 1. The molecule has 4 nitrogen and oxygen atoms in total. The summed E-state index contributed by atoms with van der Waals surface area (Å²) in [6.45, 7) is 1.48. The molecule has 0 saturated carbocycles. The summed E-state index contributed by atoms with van der Waals surface area (Å²) in [7, 11) is 0. The quantitative estimate of drug-likeness (QED) is 0.756. The highest BCUT2D eigenvalue weighted by atomic mass is 19.1. The van der Waals surface area contributed by atoms with E-state index in [1.807, 2.05) is 0 Å². The fourth-order valence-electron chi connectivity index (χ4n) is 3.00. The smallest absolute Gasteiger partial charge is 0.254 e. The van der Waals surface area contributed by atoms with Gasteiger partial charge < -0.3 is 9.64 Å². The summed E-state index contributed by atoms with van der Waals surface area (Å²) in [4.78, 5) is 25.4. The Balaban J connectivity index is 1.80. The second-order valence-corrected chi connectivity index (χ2v) is 6.19. The molecular weight excluding hydrogens is 321 g/mol. The Bertz CT molecular complexity index is 739. The van der Waals surface area contributed by atoms with Crippen molar-refractivity contribution >= 4 is 12.2 Å². The normalized spacial score (nSPS) is 16.6. The Morgan fingerprint density at radius 1 is 1.24 bits per heavy atom. The molecule has 1 aliphatic heterocycles. The Hall–Kier alpha value is -2.53. The molecule has 0 aliphatic carbocycles. The summed E-state index contributed by atoms with van der Waals surface area (Å²) in [6, 6.07) is 12.8. The van der Waals surface area contributed by atoms with Gasteiger partial charge in [0.05, 0.1) is 6.10 Å². The number of halogens is 1. The molecule has 1 heterocycles. The van der Waals surface area contributed by atoms with Crippen LogP contribution in [0.3, 0.4) is 0 Å². The van der Waals surface area contributed by atoms with E-state index in [-0.39, 0.29) is 17.8 Å². The number of carbonyl (C=O) groups excluding carboxylic acids is 2. The number of benzene rings is 2. The molecule has 0 spiro atoms. The number of carbonyl (C=O) groups is 2. The van der Waals surface area contributed by atoms with Crippen molar-refractivity contribution in [2.75, 3.05) is 13.2 Å². The maximum atomic E-state index is 13.5. The van der Waals surface area contributed by atoms with Crippen molar-refractivity contribution in [2.45, 2.75) is 25.5 Å². The number of hydrogen-bond acceptors (Lipinski definition) is 3. The highest BCUT2D eigenvalue weighted by molar-refractivity contribution is 5.94. The zero-order valence-corrected chi connectivity index (χ0v) is 13.9. The molecule has 1 unspecified atom stereocenters. The van der Waals surface area contributed by atoms with Crippen LogP contribution in [0.5, 0.6) is 0 Å². The average molecular weight is 341 g/mol. The molecule has 2 aromatic carbocycles. The zero-order valence-electron chi connectivity index (χ0n) is 13.9. The maximum Gasteiger partial charge on any atom is 0.254 e. The van der Waals surface area contributed by atoms with Crippen LogP contribution in [-0.4, -0.2) is 36.3 Å². The third-order valence-electron chi connectivity index (χ3n) is 4.29. The van der Waals surface area contributed by atoms with Crippen LogP contribution >= 0.6 is 0 Å². The first-order chi connectivity index (χ1) is 12.2. The minimum Gasteiger partial charge on any atom is -0.376 e. The van der Waals surface area contributed by atoms with Gasteiger partial charge in [0.15, 0.2) is 0 Å². The summed E-state index contributed by atoms with van der Waals surface area (Å²) in [6.07, 6.45) is 2.65. The first kappa shape index (κ1) is 17.3. The average Bonchev–Trinajstić information content (AvgIpc) is 3.14. The Morgan fingerprint density at radius 3 is 2.68 bits per heavy atom. The van der Waals surface area contributed by atoms with E-state index in [4.69, 9.17) is 4.74 Å². The van der Waals surface area contributed by atoms with Gasteiger partial charge in [-0.25, -0.2) is 4.39 Å². The third-order valence-corrected chi connectivity index (χ3v) is 4.29. The molecule has 1 saturated heterocycles. The topological polar surface area (TPSA) is 46.6 Å². The Kier molecular flexibility index (Phi) is 5.56. The van der Waals surface area contributed by atoms with Gasteiger partial charge in [-0.15, -0.1) is 0 Å². The zero-order chi connectivity index (χ0) is 17.6. The van der Waals surface area contributed by atoms with Crippen LogP contribution in [0.1, 0.15) is 39.1 Å². The summed E-state index contributed by atoms with van der Waals surface area (Å²) in [5, 5.41) is 0. The van der Waals surface area contributed by atoms with E-state index >= 15 is 0 Å². The fourth-order valence-corrected chi connectivity index (χ4v) is 3.00. The van der Waals surface area contributed by atoms with Crippen molar-refractivity contribution in [1.82, 2.24) is 4.90 Å².